The fraction of sp³-hybridized carbons (Fsp3) is 0.200. The number of aryl methyl sites for hydroxylation is 2. The smallest absolute Gasteiger partial charge is 0.261 e. The highest BCUT2D eigenvalue weighted by Gasteiger charge is 2.35. The number of hydrogen-bond donors (Lipinski definition) is 3. The molecule has 2 aromatic heterocycles. The molecule has 0 unspecified atom stereocenters. The third kappa shape index (κ3) is 4.90. The summed E-state index contributed by atoms with van der Waals surface area (Å²) in [6, 6.07) is 15.8. The molecule has 0 atom stereocenters. The number of nitrogens with zero attached hydrogens (tertiary/aromatic N) is 2. The van der Waals surface area contributed by atoms with E-state index in [-0.39, 0.29) is 11.8 Å². The number of hydrogen-bond acceptors (Lipinski definition) is 5. The van der Waals surface area contributed by atoms with Crippen molar-refractivity contribution in [2.24, 2.45) is 12.8 Å². The van der Waals surface area contributed by atoms with Crippen molar-refractivity contribution in [2.75, 3.05) is 12.8 Å². The van der Waals surface area contributed by atoms with E-state index in [4.69, 9.17) is 10.3 Å². The maximum absolute atomic E-state index is 13.0. The molecule has 182 valence electrons. The van der Waals surface area contributed by atoms with Crippen molar-refractivity contribution >= 4 is 54.9 Å². The van der Waals surface area contributed by atoms with Gasteiger partial charge in [0.05, 0.1) is 17.4 Å². The second-order valence-corrected chi connectivity index (χ2v) is 9.80. The minimum atomic E-state index is -3.67. The number of carbonyl (C=O) groups excluding carboxylic acids is 2. The molecule has 2 amide bonds. The summed E-state index contributed by atoms with van der Waals surface area (Å²) in [7, 11) is -1.72. The van der Waals surface area contributed by atoms with Crippen molar-refractivity contribution < 1.29 is 22.6 Å². The van der Waals surface area contributed by atoms with Crippen LogP contribution in [0.5, 0.6) is 0 Å². The van der Waals surface area contributed by atoms with Gasteiger partial charge in [0, 0.05) is 58.9 Å². The Morgan fingerprint density at radius 1 is 0.886 bits per heavy atom. The van der Waals surface area contributed by atoms with Crippen LogP contribution < -0.4 is 11.1 Å². The minimum absolute atomic E-state index is 0.356. The molecule has 2 aromatic carbocycles. The Morgan fingerprint density at radius 3 is 1.94 bits per heavy atom. The number of carbonyl (C=O) groups is 2. The molecule has 35 heavy (non-hydrogen) atoms. The molecule has 0 fully saturated rings. The van der Waals surface area contributed by atoms with Crippen LogP contribution in [0.4, 0.5) is 0 Å². The lowest BCUT2D eigenvalue weighted by Gasteiger charge is -2.03. The molecule has 0 saturated heterocycles. The van der Waals surface area contributed by atoms with Gasteiger partial charge in [-0.05, 0) is 25.1 Å². The van der Waals surface area contributed by atoms with Crippen LogP contribution >= 0.6 is 0 Å². The fourth-order valence-electron chi connectivity index (χ4n) is 4.40. The summed E-state index contributed by atoms with van der Waals surface area (Å²) < 4.78 is 30.0. The van der Waals surface area contributed by atoms with Crippen molar-refractivity contribution in [3.8, 4) is 0 Å². The normalized spacial score (nSPS) is 13.9. The van der Waals surface area contributed by atoms with Gasteiger partial charge in [-0.3, -0.25) is 19.5 Å². The second-order valence-electron chi connectivity index (χ2n) is 8.33. The highest BCUT2D eigenvalue weighted by atomic mass is 32.2. The van der Waals surface area contributed by atoms with Crippen LogP contribution in [0, 0.1) is 0 Å². The summed E-state index contributed by atoms with van der Waals surface area (Å²) in [5.41, 5.74) is 10.1. The molecule has 4 aromatic rings. The van der Waals surface area contributed by atoms with E-state index >= 15 is 0 Å². The van der Waals surface area contributed by atoms with Crippen molar-refractivity contribution in [3.63, 3.8) is 0 Å². The molecular weight excluding hydrogens is 468 g/mol. The fourth-order valence-corrected chi connectivity index (χ4v) is 4.40. The quantitative estimate of drug-likeness (QED) is 0.288. The van der Waals surface area contributed by atoms with Gasteiger partial charge in [-0.2, -0.15) is 8.42 Å². The lowest BCUT2D eigenvalue weighted by Crippen LogP contribution is -2.22. The summed E-state index contributed by atoms with van der Waals surface area (Å²) in [6.07, 6.45) is 5.44. The second kappa shape index (κ2) is 9.49. The van der Waals surface area contributed by atoms with Crippen molar-refractivity contribution in [2.45, 2.75) is 13.0 Å². The summed E-state index contributed by atoms with van der Waals surface area (Å²) in [4.78, 5) is 25.9. The Hall–Kier alpha value is -3.73. The third-order valence-electron chi connectivity index (χ3n) is 5.76. The van der Waals surface area contributed by atoms with Crippen LogP contribution in [0.15, 0.2) is 60.9 Å². The van der Waals surface area contributed by atoms with E-state index in [1.54, 1.807) is 0 Å². The summed E-state index contributed by atoms with van der Waals surface area (Å²) in [5.74, 6) is -0.713. The largest absolute Gasteiger partial charge is 0.350 e. The number of benzene rings is 2. The number of aromatic nitrogens is 2. The van der Waals surface area contributed by atoms with E-state index in [0.717, 1.165) is 45.9 Å². The van der Waals surface area contributed by atoms with Crippen LogP contribution in [0.25, 0.3) is 33.0 Å². The summed E-state index contributed by atoms with van der Waals surface area (Å²) in [6.45, 7) is 1.34. The van der Waals surface area contributed by atoms with Crippen molar-refractivity contribution in [1.82, 2.24) is 14.5 Å². The Kier molecular flexibility index (Phi) is 6.62. The standard InChI is InChI=1S/C24H22N4O2.CH4O3S/c1-27-13-17(15-7-2-4-9-19(15)27)21-22(24(30)26-23(21)29)18-14-28(12-6-11-25)20-10-5-3-8-16(18)20;1-5(2,3)4/h2-5,7-10,13-14H,6,11-12,25H2,1H3,(H,26,29,30);1H3,(H,2,3,4). The lowest BCUT2D eigenvalue weighted by atomic mass is 9.95. The molecule has 0 bridgehead atoms. The van der Waals surface area contributed by atoms with Gasteiger partial charge in [-0.1, -0.05) is 36.4 Å². The first-order valence-corrected chi connectivity index (χ1v) is 12.8. The molecule has 5 rings (SSSR count). The maximum Gasteiger partial charge on any atom is 0.261 e. The lowest BCUT2D eigenvalue weighted by molar-refractivity contribution is -0.122. The van der Waals surface area contributed by atoms with Crippen molar-refractivity contribution in [1.29, 1.82) is 0 Å². The average Bonchev–Trinajstić information content (AvgIpc) is 3.42. The Labute approximate surface area is 202 Å². The van der Waals surface area contributed by atoms with E-state index in [2.05, 4.69) is 9.88 Å². The first kappa shape index (κ1) is 24.4. The predicted octanol–water partition coefficient (Wildman–Crippen LogP) is 2.55. The molecule has 4 N–H and O–H groups in total. The van der Waals surface area contributed by atoms with Crippen LogP contribution in [0.1, 0.15) is 17.5 Å². The van der Waals surface area contributed by atoms with E-state index in [9.17, 15) is 18.0 Å². The number of para-hydroxylation sites is 2. The Balaban J connectivity index is 0.000000527. The van der Waals surface area contributed by atoms with Gasteiger partial charge in [0.15, 0.2) is 0 Å². The van der Waals surface area contributed by atoms with E-state index in [1.807, 2.05) is 72.5 Å². The molecule has 0 spiro atoms. The van der Waals surface area contributed by atoms with Gasteiger partial charge in [-0.15, -0.1) is 0 Å². The number of amides is 2. The first-order valence-electron chi connectivity index (χ1n) is 10.9. The SMILES string of the molecule is CS(=O)(=O)O.Cn1cc(C2=C(c3cn(CCCN)c4ccccc34)C(=O)NC2=O)c2ccccc21. The molecule has 0 aliphatic carbocycles. The molecule has 0 radical (unpaired) electrons. The van der Waals surface area contributed by atoms with Gasteiger partial charge in [-0.25, -0.2) is 0 Å². The summed E-state index contributed by atoms with van der Waals surface area (Å²) >= 11 is 0. The summed E-state index contributed by atoms with van der Waals surface area (Å²) in [5, 5.41) is 4.41. The van der Waals surface area contributed by atoms with Gasteiger partial charge in [0.2, 0.25) is 0 Å². The van der Waals surface area contributed by atoms with Gasteiger partial charge in [0.25, 0.3) is 21.9 Å². The molecular formula is C25H26N4O5S. The zero-order chi connectivity index (χ0) is 25.3. The minimum Gasteiger partial charge on any atom is -0.350 e. The number of rotatable bonds is 5. The van der Waals surface area contributed by atoms with Gasteiger partial charge < -0.3 is 14.9 Å². The van der Waals surface area contributed by atoms with Crippen LogP contribution in [-0.2, 0) is 33.3 Å². The van der Waals surface area contributed by atoms with E-state index < -0.39 is 10.1 Å². The zero-order valence-electron chi connectivity index (χ0n) is 19.4. The Morgan fingerprint density at radius 2 is 1.37 bits per heavy atom. The Bertz CT molecular complexity index is 1590. The zero-order valence-corrected chi connectivity index (χ0v) is 20.2. The van der Waals surface area contributed by atoms with Crippen molar-refractivity contribution in [3.05, 3.63) is 72.1 Å². The number of fused-ring (bicyclic) bond motifs is 2. The molecule has 0 saturated carbocycles. The molecule has 10 heteroatoms. The molecule has 3 heterocycles. The van der Waals surface area contributed by atoms with Crippen LogP contribution in [-0.4, -0.2) is 46.7 Å². The van der Waals surface area contributed by atoms with Gasteiger partial charge in [0.1, 0.15) is 0 Å². The average molecular weight is 495 g/mol. The monoisotopic (exact) mass is 494 g/mol. The highest BCUT2D eigenvalue weighted by molar-refractivity contribution is 7.85. The predicted molar refractivity (Wildman–Crippen MR) is 136 cm³/mol. The van der Waals surface area contributed by atoms with E-state index in [1.165, 1.54) is 0 Å². The van der Waals surface area contributed by atoms with Gasteiger partial charge >= 0.3 is 0 Å². The topological polar surface area (TPSA) is 136 Å². The third-order valence-corrected chi connectivity index (χ3v) is 5.76. The molecule has 1 aliphatic heterocycles. The van der Waals surface area contributed by atoms with Crippen LogP contribution in [0.2, 0.25) is 0 Å². The molecule has 9 nitrogen and oxygen atoms in total. The first-order chi connectivity index (χ1) is 16.6. The number of nitrogens with two attached hydrogens (primary N) is 1. The molecule has 1 aliphatic rings. The maximum atomic E-state index is 13.0. The van der Waals surface area contributed by atoms with E-state index in [0.29, 0.717) is 23.9 Å². The van der Waals surface area contributed by atoms with Crippen LogP contribution in [0.3, 0.4) is 0 Å². The number of nitrogens with one attached hydrogen (secondary N) is 1. The number of imide groups is 1. The highest BCUT2D eigenvalue weighted by Crippen LogP contribution is 2.38.